The molecule has 110 valence electrons. The fourth-order valence-corrected chi connectivity index (χ4v) is 2.62. The lowest BCUT2D eigenvalue weighted by atomic mass is 9.92. The molecule has 0 N–H and O–H groups in total. The van der Waals surface area contributed by atoms with E-state index in [-0.39, 0.29) is 5.75 Å². The number of Topliss-reactive ketones (excluding diaryl/α,β-unsaturated/α-hetero) is 1. The molecule has 2 rings (SSSR count). The Bertz CT molecular complexity index is 451. The molecule has 1 unspecified atom stereocenters. The van der Waals surface area contributed by atoms with Crippen molar-refractivity contribution in [2.45, 2.75) is 44.9 Å². The molecule has 1 aromatic carbocycles. The van der Waals surface area contributed by atoms with Crippen LogP contribution in [0, 0.1) is 5.92 Å². The highest BCUT2D eigenvalue weighted by molar-refractivity contribution is 5.78. The number of hydrogen-bond donors (Lipinski definition) is 0. The lowest BCUT2D eigenvalue weighted by molar-refractivity contribution is -0.274. The van der Waals surface area contributed by atoms with Crippen LogP contribution in [-0.2, 0) is 11.2 Å². The maximum absolute atomic E-state index is 12.0. The van der Waals surface area contributed by atoms with Gasteiger partial charge in [-0.1, -0.05) is 18.6 Å². The Morgan fingerprint density at radius 1 is 1.15 bits per heavy atom. The molecule has 5 heteroatoms. The monoisotopic (exact) mass is 286 g/mol. The van der Waals surface area contributed by atoms with Crippen LogP contribution in [0.5, 0.6) is 5.75 Å². The van der Waals surface area contributed by atoms with E-state index in [0.29, 0.717) is 24.5 Å². The molecule has 0 bridgehead atoms. The zero-order valence-electron chi connectivity index (χ0n) is 11.1. The fourth-order valence-electron chi connectivity index (χ4n) is 2.62. The van der Waals surface area contributed by atoms with Crippen LogP contribution in [0.3, 0.4) is 0 Å². The molecule has 0 aromatic heterocycles. The van der Waals surface area contributed by atoms with Crippen LogP contribution in [0.4, 0.5) is 13.2 Å². The van der Waals surface area contributed by atoms with Crippen LogP contribution in [0.15, 0.2) is 24.3 Å². The van der Waals surface area contributed by atoms with Crippen molar-refractivity contribution in [3.63, 3.8) is 0 Å². The number of hydrogen-bond acceptors (Lipinski definition) is 2. The molecule has 0 radical (unpaired) electrons. The average Bonchev–Trinajstić information content (AvgIpc) is 2.54. The fraction of sp³-hybridized carbons (Fsp3) is 0.533. The van der Waals surface area contributed by atoms with E-state index in [1.165, 1.54) is 12.1 Å². The molecule has 0 amide bonds. The Morgan fingerprint density at radius 3 is 2.50 bits per heavy atom. The van der Waals surface area contributed by atoms with Gasteiger partial charge in [-0.25, -0.2) is 0 Å². The molecule has 1 aromatic rings. The summed E-state index contributed by atoms with van der Waals surface area (Å²) in [5.74, 6) is 0.391. The van der Waals surface area contributed by atoms with E-state index in [9.17, 15) is 18.0 Å². The summed E-state index contributed by atoms with van der Waals surface area (Å²) in [5.41, 5.74) is 0.944. The molecular formula is C15H17F3O2. The molecule has 1 atom stereocenters. The largest absolute Gasteiger partial charge is 0.573 e. The highest BCUT2D eigenvalue weighted by atomic mass is 19.4. The second-order valence-corrected chi connectivity index (χ2v) is 5.25. The Hall–Kier alpha value is -1.52. The number of carbonyl (C=O) groups is 1. The van der Waals surface area contributed by atoms with Crippen LogP contribution < -0.4 is 4.74 Å². The van der Waals surface area contributed by atoms with E-state index >= 15 is 0 Å². The first-order valence-corrected chi connectivity index (χ1v) is 6.79. The average molecular weight is 286 g/mol. The van der Waals surface area contributed by atoms with Crippen molar-refractivity contribution < 1.29 is 22.7 Å². The van der Waals surface area contributed by atoms with Crippen molar-refractivity contribution >= 4 is 5.78 Å². The SMILES string of the molecule is O=C1CCCCC(Cc2ccc(OC(F)(F)F)cc2)C1. The summed E-state index contributed by atoms with van der Waals surface area (Å²) in [6.07, 6.45) is 0.328. The number of halogens is 3. The summed E-state index contributed by atoms with van der Waals surface area (Å²) >= 11 is 0. The maximum Gasteiger partial charge on any atom is 0.573 e. The van der Waals surface area contributed by atoms with E-state index in [0.717, 1.165) is 31.2 Å². The quantitative estimate of drug-likeness (QED) is 0.775. The smallest absolute Gasteiger partial charge is 0.406 e. The van der Waals surface area contributed by atoms with Gasteiger partial charge in [0.05, 0.1) is 0 Å². The molecular weight excluding hydrogens is 269 g/mol. The summed E-state index contributed by atoms with van der Waals surface area (Å²) in [4.78, 5) is 11.5. The molecule has 0 aliphatic heterocycles. The van der Waals surface area contributed by atoms with E-state index in [4.69, 9.17) is 0 Å². The number of alkyl halides is 3. The third kappa shape index (κ3) is 4.87. The minimum absolute atomic E-state index is 0.210. The van der Waals surface area contributed by atoms with Gasteiger partial charge < -0.3 is 4.74 Å². The molecule has 0 spiro atoms. The van der Waals surface area contributed by atoms with Crippen molar-refractivity contribution in [3.8, 4) is 5.75 Å². The van der Waals surface area contributed by atoms with Gasteiger partial charge in [-0.05, 0) is 42.9 Å². The van der Waals surface area contributed by atoms with Crippen LogP contribution in [0.25, 0.3) is 0 Å². The maximum atomic E-state index is 12.0. The van der Waals surface area contributed by atoms with Gasteiger partial charge in [0, 0.05) is 12.8 Å². The minimum atomic E-state index is -4.66. The predicted molar refractivity (Wildman–Crippen MR) is 68.4 cm³/mol. The van der Waals surface area contributed by atoms with Gasteiger partial charge in [0.2, 0.25) is 0 Å². The summed E-state index contributed by atoms with van der Waals surface area (Å²) in [7, 11) is 0. The van der Waals surface area contributed by atoms with Gasteiger partial charge in [-0.2, -0.15) is 0 Å². The highest BCUT2D eigenvalue weighted by Crippen LogP contribution is 2.26. The van der Waals surface area contributed by atoms with Crippen LogP contribution in [0.2, 0.25) is 0 Å². The molecule has 0 heterocycles. The van der Waals surface area contributed by atoms with Gasteiger partial charge in [-0.3, -0.25) is 4.79 Å². The first-order valence-electron chi connectivity index (χ1n) is 6.79. The van der Waals surface area contributed by atoms with Gasteiger partial charge in [0.15, 0.2) is 0 Å². The molecule has 2 nitrogen and oxygen atoms in total. The lowest BCUT2D eigenvalue weighted by Crippen LogP contribution is -2.17. The Kier molecular flexibility index (Phi) is 4.68. The number of ketones is 1. The summed E-state index contributed by atoms with van der Waals surface area (Å²) in [6, 6.07) is 5.91. The topological polar surface area (TPSA) is 26.3 Å². The second-order valence-electron chi connectivity index (χ2n) is 5.25. The predicted octanol–water partition coefficient (Wildman–Crippen LogP) is 4.28. The van der Waals surface area contributed by atoms with Crippen LogP contribution >= 0.6 is 0 Å². The Morgan fingerprint density at radius 2 is 1.85 bits per heavy atom. The zero-order valence-corrected chi connectivity index (χ0v) is 11.1. The molecule has 1 aliphatic rings. The standard InChI is InChI=1S/C15H17F3O2/c16-15(17,18)20-14-7-5-11(6-8-14)9-12-3-1-2-4-13(19)10-12/h5-8,12H,1-4,9-10H2. The van der Waals surface area contributed by atoms with Gasteiger partial charge in [-0.15, -0.1) is 13.2 Å². The summed E-state index contributed by atoms with van der Waals surface area (Å²) in [6.45, 7) is 0. The Balaban J connectivity index is 1.94. The van der Waals surface area contributed by atoms with Crippen LogP contribution in [0.1, 0.15) is 37.7 Å². The molecule has 1 fully saturated rings. The normalized spacial score (nSPS) is 20.6. The van der Waals surface area contributed by atoms with Crippen molar-refractivity contribution in [1.82, 2.24) is 0 Å². The van der Waals surface area contributed by atoms with E-state index < -0.39 is 6.36 Å². The van der Waals surface area contributed by atoms with Crippen molar-refractivity contribution in [2.75, 3.05) is 0 Å². The Labute approximate surface area is 115 Å². The number of ether oxygens (including phenoxy) is 1. The van der Waals surface area contributed by atoms with Crippen molar-refractivity contribution in [2.24, 2.45) is 5.92 Å². The highest BCUT2D eigenvalue weighted by Gasteiger charge is 2.31. The summed E-state index contributed by atoms with van der Waals surface area (Å²) < 4.78 is 40.0. The third-order valence-corrected chi connectivity index (χ3v) is 3.52. The molecule has 20 heavy (non-hydrogen) atoms. The number of carbonyl (C=O) groups excluding carboxylic acids is 1. The first-order chi connectivity index (χ1) is 9.42. The zero-order chi connectivity index (χ0) is 14.6. The van der Waals surface area contributed by atoms with Gasteiger partial charge in [0.25, 0.3) is 0 Å². The second kappa shape index (κ2) is 6.29. The summed E-state index contributed by atoms with van der Waals surface area (Å²) in [5, 5.41) is 0. The number of rotatable bonds is 3. The van der Waals surface area contributed by atoms with Crippen LogP contribution in [-0.4, -0.2) is 12.1 Å². The van der Waals surface area contributed by atoms with E-state index in [1.54, 1.807) is 12.1 Å². The first kappa shape index (κ1) is 14.9. The van der Waals surface area contributed by atoms with Gasteiger partial charge in [0.1, 0.15) is 11.5 Å². The lowest BCUT2D eigenvalue weighted by Gasteiger charge is -2.14. The van der Waals surface area contributed by atoms with E-state index in [2.05, 4.69) is 4.74 Å². The molecule has 0 saturated heterocycles. The third-order valence-electron chi connectivity index (χ3n) is 3.52. The van der Waals surface area contributed by atoms with Gasteiger partial charge >= 0.3 is 6.36 Å². The van der Waals surface area contributed by atoms with Crippen molar-refractivity contribution in [1.29, 1.82) is 0 Å². The molecule has 1 aliphatic carbocycles. The molecule has 1 saturated carbocycles. The number of benzene rings is 1. The minimum Gasteiger partial charge on any atom is -0.406 e. The van der Waals surface area contributed by atoms with Crippen molar-refractivity contribution in [3.05, 3.63) is 29.8 Å². The van der Waals surface area contributed by atoms with E-state index in [1.807, 2.05) is 0 Å².